The highest BCUT2D eigenvalue weighted by atomic mass is 15.2. The largest absolute Gasteiger partial charge is 0.356 e. The molecule has 0 radical (unpaired) electrons. The van der Waals surface area contributed by atoms with Gasteiger partial charge in [-0.05, 0) is 19.9 Å². The number of aromatic nitrogens is 2. The minimum absolute atomic E-state index is 0.465. The van der Waals surface area contributed by atoms with Crippen LogP contribution in [0.3, 0.4) is 0 Å². The molecule has 1 heterocycles. The molecule has 0 spiro atoms. The highest BCUT2D eigenvalue weighted by Gasteiger charge is 2.07. The fourth-order valence-corrected chi connectivity index (χ4v) is 1.13. The Bertz CT molecular complexity index is 266. The van der Waals surface area contributed by atoms with Crippen LogP contribution in [0.15, 0.2) is 18.6 Å². The van der Waals surface area contributed by atoms with Crippen LogP contribution >= 0.6 is 0 Å². The SMILES string of the molecule is CCN(CC)C(=N)c1ccncn1. The van der Waals surface area contributed by atoms with Gasteiger partial charge in [-0.2, -0.15) is 0 Å². The molecule has 0 aromatic carbocycles. The first-order valence-electron chi connectivity index (χ1n) is 4.39. The molecule has 1 aromatic rings. The first kappa shape index (κ1) is 9.64. The second kappa shape index (κ2) is 4.54. The molecule has 1 N–H and O–H groups in total. The Balaban J connectivity index is 2.78. The molecular formula is C9H14N4. The number of rotatable bonds is 3. The standard InChI is InChI=1S/C9H14N4/c1-3-13(4-2)9(10)8-5-6-11-7-12-8/h5-7,10H,3-4H2,1-2H3. The van der Waals surface area contributed by atoms with Gasteiger partial charge in [0.25, 0.3) is 0 Å². The Hall–Kier alpha value is -1.45. The third-order valence-corrected chi connectivity index (χ3v) is 1.90. The van der Waals surface area contributed by atoms with Crippen LogP contribution in [0.1, 0.15) is 19.5 Å². The maximum Gasteiger partial charge on any atom is 0.147 e. The van der Waals surface area contributed by atoms with Gasteiger partial charge >= 0.3 is 0 Å². The summed E-state index contributed by atoms with van der Waals surface area (Å²) in [6.45, 7) is 5.72. The molecule has 0 amide bonds. The van der Waals surface area contributed by atoms with Crippen molar-refractivity contribution in [2.45, 2.75) is 13.8 Å². The summed E-state index contributed by atoms with van der Waals surface area (Å²) < 4.78 is 0. The monoisotopic (exact) mass is 178 g/mol. The van der Waals surface area contributed by atoms with Crippen LogP contribution in [0.25, 0.3) is 0 Å². The Morgan fingerprint density at radius 3 is 2.62 bits per heavy atom. The van der Waals surface area contributed by atoms with Crippen molar-refractivity contribution >= 4 is 5.84 Å². The Morgan fingerprint density at radius 2 is 2.15 bits per heavy atom. The highest BCUT2D eigenvalue weighted by Crippen LogP contribution is 1.98. The highest BCUT2D eigenvalue weighted by molar-refractivity contribution is 5.94. The van der Waals surface area contributed by atoms with E-state index in [4.69, 9.17) is 5.41 Å². The Morgan fingerprint density at radius 1 is 1.46 bits per heavy atom. The molecule has 0 aliphatic carbocycles. The maximum atomic E-state index is 7.82. The van der Waals surface area contributed by atoms with E-state index in [0.29, 0.717) is 11.5 Å². The first-order valence-corrected chi connectivity index (χ1v) is 4.39. The van der Waals surface area contributed by atoms with E-state index in [-0.39, 0.29) is 0 Å². The van der Waals surface area contributed by atoms with Gasteiger partial charge in [-0.3, -0.25) is 5.41 Å². The molecule has 0 aliphatic rings. The van der Waals surface area contributed by atoms with E-state index >= 15 is 0 Å². The molecule has 0 unspecified atom stereocenters. The lowest BCUT2D eigenvalue weighted by molar-refractivity contribution is 0.462. The summed E-state index contributed by atoms with van der Waals surface area (Å²) >= 11 is 0. The quantitative estimate of drug-likeness (QED) is 0.558. The second-order valence-electron chi connectivity index (χ2n) is 2.62. The predicted octanol–water partition coefficient (Wildman–Crippen LogP) is 1.14. The molecule has 0 bridgehead atoms. The van der Waals surface area contributed by atoms with Crippen molar-refractivity contribution in [2.75, 3.05) is 13.1 Å². The topological polar surface area (TPSA) is 52.9 Å². The lowest BCUT2D eigenvalue weighted by atomic mass is 10.3. The van der Waals surface area contributed by atoms with E-state index in [2.05, 4.69) is 9.97 Å². The van der Waals surface area contributed by atoms with Crippen LogP contribution in [0.2, 0.25) is 0 Å². The van der Waals surface area contributed by atoms with Crippen molar-refractivity contribution in [3.8, 4) is 0 Å². The average Bonchev–Trinajstić information content (AvgIpc) is 2.21. The smallest absolute Gasteiger partial charge is 0.147 e. The van der Waals surface area contributed by atoms with Crippen LogP contribution in [0.4, 0.5) is 0 Å². The normalized spacial score (nSPS) is 9.69. The van der Waals surface area contributed by atoms with Gasteiger partial charge in [-0.15, -0.1) is 0 Å². The molecule has 0 aliphatic heterocycles. The number of amidine groups is 1. The summed E-state index contributed by atoms with van der Waals surface area (Å²) in [7, 11) is 0. The van der Waals surface area contributed by atoms with E-state index < -0.39 is 0 Å². The van der Waals surface area contributed by atoms with Gasteiger partial charge in [0.1, 0.15) is 17.9 Å². The zero-order chi connectivity index (χ0) is 9.68. The van der Waals surface area contributed by atoms with Gasteiger partial charge in [0.05, 0.1) is 0 Å². The molecule has 13 heavy (non-hydrogen) atoms. The van der Waals surface area contributed by atoms with Gasteiger partial charge < -0.3 is 4.90 Å². The summed E-state index contributed by atoms with van der Waals surface area (Å²) in [5.74, 6) is 0.465. The van der Waals surface area contributed by atoms with Crippen molar-refractivity contribution < 1.29 is 0 Å². The van der Waals surface area contributed by atoms with E-state index in [1.54, 1.807) is 12.3 Å². The van der Waals surface area contributed by atoms with E-state index in [1.807, 2.05) is 18.7 Å². The van der Waals surface area contributed by atoms with Crippen molar-refractivity contribution in [2.24, 2.45) is 0 Å². The molecule has 1 rings (SSSR count). The zero-order valence-electron chi connectivity index (χ0n) is 7.99. The minimum Gasteiger partial charge on any atom is -0.356 e. The molecule has 1 aromatic heterocycles. The molecule has 0 saturated heterocycles. The van der Waals surface area contributed by atoms with Gasteiger partial charge in [-0.25, -0.2) is 9.97 Å². The molecule has 4 heteroatoms. The fraction of sp³-hybridized carbons (Fsp3) is 0.444. The number of hydrogen-bond acceptors (Lipinski definition) is 3. The summed E-state index contributed by atoms with van der Waals surface area (Å²) in [6.07, 6.45) is 3.12. The summed E-state index contributed by atoms with van der Waals surface area (Å²) in [5, 5.41) is 7.82. The molecule has 0 fully saturated rings. The number of nitrogens with one attached hydrogen (secondary N) is 1. The lowest BCUT2D eigenvalue weighted by Crippen LogP contribution is -2.31. The van der Waals surface area contributed by atoms with Gasteiger partial charge in [-0.1, -0.05) is 0 Å². The van der Waals surface area contributed by atoms with E-state index in [9.17, 15) is 0 Å². The van der Waals surface area contributed by atoms with Crippen LogP contribution in [0.5, 0.6) is 0 Å². The summed E-state index contributed by atoms with van der Waals surface area (Å²) in [4.78, 5) is 9.78. The molecule has 0 saturated carbocycles. The van der Waals surface area contributed by atoms with Crippen molar-refractivity contribution in [1.82, 2.24) is 14.9 Å². The lowest BCUT2D eigenvalue weighted by Gasteiger charge is -2.20. The predicted molar refractivity (Wildman–Crippen MR) is 51.8 cm³/mol. The maximum absolute atomic E-state index is 7.82. The van der Waals surface area contributed by atoms with E-state index in [1.165, 1.54) is 6.33 Å². The average molecular weight is 178 g/mol. The molecular weight excluding hydrogens is 164 g/mol. The van der Waals surface area contributed by atoms with Crippen molar-refractivity contribution in [1.29, 1.82) is 5.41 Å². The third kappa shape index (κ3) is 2.24. The number of nitrogens with zero attached hydrogens (tertiary/aromatic N) is 3. The molecule has 70 valence electrons. The van der Waals surface area contributed by atoms with E-state index in [0.717, 1.165) is 13.1 Å². The van der Waals surface area contributed by atoms with Gasteiger partial charge in [0.15, 0.2) is 0 Å². The van der Waals surface area contributed by atoms with Crippen LogP contribution in [-0.4, -0.2) is 33.8 Å². The van der Waals surface area contributed by atoms with Crippen molar-refractivity contribution in [3.05, 3.63) is 24.3 Å². The second-order valence-corrected chi connectivity index (χ2v) is 2.62. The Kier molecular flexibility index (Phi) is 3.37. The van der Waals surface area contributed by atoms with Crippen molar-refractivity contribution in [3.63, 3.8) is 0 Å². The Labute approximate surface area is 78.1 Å². The molecule has 4 nitrogen and oxygen atoms in total. The van der Waals surface area contributed by atoms with Gasteiger partial charge in [0.2, 0.25) is 0 Å². The number of hydrogen-bond donors (Lipinski definition) is 1. The third-order valence-electron chi connectivity index (χ3n) is 1.90. The zero-order valence-corrected chi connectivity index (χ0v) is 7.99. The van der Waals surface area contributed by atoms with Crippen LogP contribution in [0, 0.1) is 5.41 Å². The summed E-state index contributed by atoms with van der Waals surface area (Å²) in [6, 6.07) is 1.75. The van der Waals surface area contributed by atoms with Crippen LogP contribution < -0.4 is 0 Å². The van der Waals surface area contributed by atoms with Crippen LogP contribution in [-0.2, 0) is 0 Å². The van der Waals surface area contributed by atoms with Gasteiger partial charge in [0, 0.05) is 19.3 Å². The first-order chi connectivity index (χ1) is 6.29. The fourth-order valence-electron chi connectivity index (χ4n) is 1.13. The summed E-state index contributed by atoms with van der Waals surface area (Å²) in [5.41, 5.74) is 0.679. The minimum atomic E-state index is 0.465. The molecule has 0 atom stereocenters.